The molecule has 10 nitrogen and oxygen atoms in total. The van der Waals surface area contributed by atoms with Crippen LogP contribution in [-0.2, 0) is 22.1 Å². The number of carbonyl (C=O) groups is 1. The lowest BCUT2D eigenvalue weighted by molar-refractivity contribution is -0.384. The van der Waals surface area contributed by atoms with E-state index in [1.54, 1.807) is 11.0 Å². The van der Waals surface area contributed by atoms with E-state index < -0.39 is 26.3 Å². The number of sulfone groups is 1. The number of fused-ring (bicyclic) bond motifs is 1. The van der Waals surface area contributed by atoms with Crippen molar-refractivity contribution in [3.63, 3.8) is 0 Å². The first-order valence-electron chi connectivity index (χ1n) is 10.1. The van der Waals surface area contributed by atoms with Gasteiger partial charge in [-0.3, -0.25) is 15.4 Å². The molecule has 1 aromatic heterocycles. The summed E-state index contributed by atoms with van der Waals surface area (Å²) >= 11 is 0. The van der Waals surface area contributed by atoms with Gasteiger partial charge in [0.05, 0.1) is 27.7 Å². The third kappa shape index (κ3) is 4.66. The Balaban J connectivity index is 1.54. The lowest BCUT2D eigenvalue weighted by atomic mass is 10.2. The highest BCUT2D eigenvalue weighted by atomic mass is 32.2. The highest BCUT2D eigenvalue weighted by Gasteiger charge is 2.26. The van der Waals surface area contributed by atoms with Gasteiger partial charge in [0.25, 0.3) is 5.69 Å². The fourth-order valence-electron chi connectivity index (χ4n) is 3.44. The highest BCUT2D eigenvalue weighted by molar-refractivity contribution is 7.90. The van der Waals surface area contributed by atoms with Crippen LogP contribution < -0.4 is 10.1 Å². The third-order valence-electron chi connectivity index (χ3n) is 5.24. The van der Waals surface area contributed by atoms with Gasteiger partial charge >= 0.3 is 6.03 Å². The maximum absolute atomic E-state index is 14.8. The Morgan fingerprint density at radius 3 is 2.56 bits per heavy atom. The van der Waals surface area contributed by atoms with Crippen LogP contribution in [0.15, 0.2) is 59.6 Å². The van der Waals surface area contributed by atoms with Gasteiger partial charge in [-0.1, -0.05) is 6.07 Å². The molecule has 2 aromatic carbocycles. The molecular formula is C22H19FN4O6S. The van der Waals surface area contributed by atoms with Crippen LogP contribution in [0.25, 0.3) is 0 Å². The van der Waals surface area contributed by atoms with Gasteiger partial charge in [0.15, 0.2) is 21.4 Å². The molecule has 12 heteroatoms. The van der Waals surface area contributed by atoms with Crippen molar-refractivity contribution in [1.29, 1.82) is 0 Å². The fourth-order valence-corrected chi connectivity index (χ4v) is 4.78. The predicted molar refractivity (Wildman–Crippen MR) is 120 cm³/mol. The normalized spacial score (nSPS) is 13.2. The first-order valence-corrected chi connectivity index (χ1v) is 11.8. The van der Waals surface area contributed by atoms with Crippen LogP contribution in [0.1, 0.15) is 18.1 Å². The minimum absolute atomic E-state index is 0.107. The number of hydrogen-bond donors (Lipinski definition) is 1. The summed E-state index contributed by atoms with van der Waals surface area (Å²) in [6, 6.07) is 9.56. The van der Waals surface area contributed by atoms with Crippen LogP contribution in [0.3, 0.4) is 0 Å². The number of benzene rings is 2. The summed E-state index contributed by atoms with van der Waals surface area (Å²) < 4.78 is 45.8. The molecule has 34 heavy (non-hydrogen) atoms. The van der Waals surface area contributed by atoms with Crippen molar-refractivity contribution in [2.24, 2.45) is 0 Å². The van der Waals surface area contributed by atoms with Gasteiger partial charge < -0.3 is 9.64 Å². The van der Waals surface area contributed by atoms with E-state index in [0.717, 1.165) is 30.3 Å². The highest BCUT2D eigenvalue weighted by Crippen LogP contribution is 2.34. The third-order valence-corrected chi connectivity index (χ3v) is 6.94. The Bertz CT molecular complexity index is 1380. The Morgan fingerprint density at radius 1 is 1.18 bits per heavy atom. The van der Waals surface area contributed by atoms with E-state index in [2.05, 4.69) is 10.3 Å². The van der Waals surface area contributed by atoms with Gasteiger partial charge in [-0.25, -0.2) is 22.6 Å². The number of rotatable bonds is 7. The van der Waals surface area contributed by atoms with E-state index in [9.17, 15) is 27.7 Å². The zero-order valence-electron chi connectivity index (χ0n) is 17.9. The molecule has 1 aliphatic rings. The van der Waals surface area contributed by atoms with Gasteiger partial charge in [-0.15, -0.1) is 0 Å². The van der Waals surface area contributed by atoms with E-state index in [0.29, 0.717) is 23.7 Å². The Hall–Kier alpha value is -4.06. The summed E-state index contributed by atoms with van der Waals surface area (Å²) in [5.41, 5.74) is 0.545. The van der Waals surface area contributed by atoms with Crippen LogP contribution >= 0.6 is 0 Å². The molecule has 0 fully saturated rings. The number of non-ortho nitro benzene ring substituents is 1. The molecule has 3 aromatic rings. The number of nitrogens with one attached hydrogen (secondary N) is 1. The van der Waals surface area contributed by atoms with Crippen molar-refractivity contribution in [3.05, 3.63) is 81.8 Å². The van der Waals surface area contributed by atoms with Crippen LogP contribution in [0.5, 0.6) is 11.5 Å². The number of pyridine rings is 1. The van der Waals surface area contributed by atoms with Crippen molar-refractivity contribution in [2.75, 3.05) is 11.9 Å². The smallest absolute Gasteiger partial charge is 0.323 e. The summed E-state index contributed by atoms with van der Waals surface area (Å²) in [4.78, 5) is 27.7. The van der Waals surface area contributed by atoms with Crippen LogP contribution in [0.4, 0.5) is 20.7 Å². The quantitative estimate of drug-likeness (QED) is 0.390. The molecule has 1 aliphatic heterocycles. The topological polar surface area (TPSA) is 132 Å². The van der Waals surface area contributed by atoms with Gasteiger partial charge in [-0.05, 0) is 42.8 Å². The van der Waals surface area contributed by atoms with E-state index >= 15 is 0 Å². The number of nitro groups is 1. The van der Waals surface area contributed by atoms with Crippen molar-refractivity contribution in [1.82, 2.24) is 9.88 Å². The van der Waals surface area contributed by atoms with Crippen molar-refractivity contribution < 1.29 is 27.3 Å². The van der Waals surface area contributed by atoms with Crippen molar-refractivity contribution in [3.8, 4) is 11.5 Å². The maximum atomic E-state index is 14.8. The number of nitro benzene ring substituents is 1. The number of carbonyl (C=O) groups excluding carboxylic acids is 1. The standard InChI is InChI=1S/C22H19FN4O6S/c1-2-26-12-17-19(9-10-24-21(17)25-22(26)28)33-20-8-3-14(11-18(20)23)13-34(31,32)16-6-4-15(5-7-16)27(29)30/h3-11H,2,12-13H2,1H3,(H,24,25,28). The molecule has 0 atom stereocenters. The first-order chi connectivity index (χ1) is 16.2. The largest absolute Gasteiger partial charge is 0.454 e. The number of hydrogen-bond acceptors (Lipinski definition) is 7. The molecular weight excluding hydrogens is 467 g/mol. The van der Waals surface area contributed by atoms with Crippen LogP contribution in [0, 0.1) is 15.9 Å². The molecule has 2 heterocycles. The predicted octanol–water partition coefficient (Wildman–Crippen LogP) is 4.26. The molecule has 1 N–H and O–H groups in total. The number of anilines is 1. The second-order valence-electron chi connectivity index (χ2n) is 7.46. The summed E-state index contributed by atoms with van der Waals surface area (Å²) in [6.45, 7) is 2.53. The van der Waals surface area contributed by atoms with Crippen LogP contribution in [-0.4, -0.2) is 35.8 Å². The maximum Gasteiger partial charge on any atom is 0.323 e. The summed E-state index contributed by atoms with van der Waals surface area (Å²) in [5, 5.41) is 13.4. The summed E-state index contributed by atoms with van der Waals surface area (Å²) in [7, 11) is -3.85. The average molecular weight is 486 g/mol. The molecule has 0 aliphatic carbocycles. The number of nitrogens with zero attached hydrogens (tertiary/aromatic N) is 3. The summed E-state index contributed by atoms with van der Waals surface area (Å²) in [6.07, 6.45) is 1.43. The molecule has 0 radical (unpaired) electrons. The van der Waals surface area contributed by atoms with Gasteiger partial charge in [0, 0.05) is 24.9 Å². The van der Waals surface area contributed by atoms with Gasteiger partial charge in [0.2, 0.25) is 0 Å². The number of urea groups is 1. The Labute approximate surface area is 194 Å². The lowest BCUT2D eigenvalue weighted by Crippen LogP contribution is -2.38. The minimum atomic E-state index is -3.85. The second-order valence-corrected chi connectivity index (χ2v) is 9.45. The van der Waals surface area contributed by atoms with Crippen LogP contribution in [0.2, 0.25) is 0 Å². The fraction of sp³-hybridized carbons (Fsp3) is 0.182. The average Bonchev–Trinajstić information content (AvgIpc) is 2.80. The van der Waals surface area contributed by atoms with E-state index in [4.69, 9.17) is 4.74 Å². The number of ether oxygens (including phenoxy) is 1. The number of amides is 2. The van der Waals surface area contributed by atoms with E-state index in [1.807, 2.05) is 6.92 Å². The molecule has 0 spiro atoms. The molecule has 0 saturated heterocycles. The number of aromatic nitrogens is 1. The second kappa shape index (κ2) is 9.06. The molecule has 0 unspecified atom stereocenters. The molecule has 4 rings (SSSR count). The Morgan fingerprint density at radius 2 is 1.91 bits per heavy atom. The zero-order chi connectivity index (χ0) is 24.5. The molecule has 0 bridgehead atoms. The summed E-state index contributed by atoms with van der Waals surface area (Å²) in [5.74, 6) is -0.740. The molecule has 176 valence electrons. The number of halogens is 1. The lowest BCUT2D eigenvalue weighted by Gasteiger charge is -2.28. The van der Waals surface area contributed by atoms with Crippen molar-refractivity contribution >= 4 is 27.4 Å². The molecule has 2 amide bonds. The van der Waals surface area contributed by atoms with E-state index in [1.165, 1.54) is 18.3 Å². The minimum Gasteiger partial charge on any atom is -0.454 e. The Kier molecular flexibility index (Phi) is 6.16. The van der Waals surface area contributed by atoms with Crippen molar-refractivity contribution in [2.45, 2.75) is 24.1 Å². The first kappa shape index (κ1) is 23.1. The zero-order valence-corrected chi connectivity index (χ0v) is 18.7. The monoisotopic (exact) mass is 486 g/mol. The van der Waals surface area contributed by atoms with E-state index in [-0.39, 0.29) is 34.5 Å². The van der Waals surface area contributed by atoms with Gasteiger partial charge in [0.1, 0.15) is 11.6 Å². The molecule has 0 saturated carbocycles. The van der Waals surface area contributed by atoms with Gasteiger partial charge in [-0.2, -0.15) is 0 Å². The SMILES string of the molecule is CCN1Cc2c(Oc3ccc(CS(=O)(=O)c4ccc([N+](=O)[O-])cc4)cc3F)ccnc2NC1=O.